The predicted molar refractivity (Wildman–Crippen MR) is 104 cm³/mol. The SMILES string of the molecule is O=C(NC1CCCCC1)c1ccc(-c2ccc3ccccc3c2)[nH]c1=O. The van der Waals surface area contributed by atoms with Gasteiger partial charge in [0.05, 0.1) is 0 Å². The van der Waals surface area contributed by atoms with Crippen LogP contribution in [-0.2, 0) is 0 Å². The lowest BCUT2D eigenvalue weighted by molar-refractivity contribution is 0.0926. The summed E-state index contributed by atoms with van der Waals surface area (Å²) in [6.07, 6.45) is 5.51. The molecule has 4 heteroatoms. The first-order valence-corrected chi connectivity index (χ1v) is 9.24. The number of benzene rings is 2. The number of H-pyrrole nitrogens is 1. The summed E-state index contributed by atoms with van der Waals surface area (Å²) < 4.78 is 0. The van der Waals surface area contributed by atoms with Crippen LogP contribution in [0.1, 0.15) is 42.5 Å². The van der Waals surface area contributed by atoms with Gasteiger partial charge in [-0.25, -0.2) is 0 Å². The second-order valence-electron chi connectivity index (χ2n) is 6.99. The highest BCUT2D eigenvalue weighted by atomic mass is 16.2. The first-order chi connectivity index (χ1) is 12.7. The lowest BCUT2D eigenvalue weighted by atomic mass is 9.95. The average Bonchev–Trinajstić information content (AvgIpc) is 2.68. The van der Waals surface area contributed by atoms with Crippen molar-refractivity contribution in [3.8, 4) is 11.3 Å². The number of nitrogens with one attached hydrogen (secondary N) is 2. The van der Waals surface area contributed by atoms with Gasteiger partial charge in [0, 0.05) is 11.7 Å². The number of fused-ring (bicyclic) bond motifs is 1. The Hall–Kier alpha value is -2.88. The highest BCUT2D eigenvalue weighted by Gasteiger charge is 2.18. The zero-order chi connectivity index (χ0) is 17.9. The number of hydrogen-bond acceptors (Lipinski definition) is 2. The third-order valence-corrected chi connectivity index (χ3v) is 5.15. The van der Waals surface area contributed by atoms with Crippen LogP contribution in [0.15, 0.2) is 59.4 Å². The summed E-state index contributed by atoms with van der Waals surface area (Å²) in [6, 6.07) is 17.8. The van der Waals surface area contributed by atoms with E-state index in [9.17, 15) is 9.59 Å². The van der Waals surface area contributed by atoms with Crippen molar-refractivity contribution < 1.29 is 4.79 Å². The van der Waals surface area contributed by atoms with Crippen molar-refractivity contribution in [2.24, 2.45) is 0 Å². The van der Waals surface area contributed by atoms with Crippen LogP contribution in [0, 0.1) is 0 Å². The third-order valence-electron chi connectivity index (χ3n) is 5.15. The van der Waals surface area contributed by atoms with Crippen LogP contribution in [0.3, 0.4) is 0 Å². The molecule has 0 aliphatic heterocycles. The predicted octanol–water partition coefficient (Wildman–Crippen LogP) is 4.26. The Morgan fingerprint density at radius 2 is 1.69 bits per heavy atom. The minimum absolute atomic E-state index is 0.181. The second kappa shape index (κ2) is 7.16. The number of hydrogen-bond donors (Lipinski definition) is 2. The summed E-state index contributed by atoms with van der Waals surface area (Å²) >= 11 is 0. The minimum Gasteiger partial charge on any atom is -0.349 e. The van der Waals surface area contributed by atoms with E-state index in [0.717, 1.165) is 47.7 Å². The largest absolute Gasteiger partial charge is 0.349 e. The molecule has 2 N–H and O–H groups in total. The number of carbonyl (C=O) groups is 1. The lowest BCUT2D eigenvalue weighted by Gasteiger charge is -2.22. The molecule has 4 nitrogen and oxygen atoms in total. The van der Waals surface area contributed by atoms with Crippen LogP contribution in [0.2, 0.25) is 0 Å². The van der Waals surface area contributed by atoms with Crippen molar-refractivity contribution in [2.45, 2.75) is 38.1 Å². The fourth-order valence-corrected chi connectivity index (χ4v) is 3.69. The quantitative estimate of drug-likeness (QED) is 0.744. The van der Waals surface area contributed by atoms with E-state index in [1.54, 1.807) is 12.1 Å². The van der Waals surface area contributed by atoms with Gasteiger partial charge in [0.2, 0.25) is 0 Å². The Balaban J connectivity index is 1.58. The molecule has 0 radical (unpaired) electrons. The van der Waals surface area contributed by atoms with Gasteiger partial charge < -0.3 is 10.3 Å². The van der Waals surface area contributed by atoms with Crippen molar-refractivity contribution in [1.82, 2.24) is 10.3 Å². The molecule has 2 aromatic carbocycles. The number of amides is 1. The van der Waals surface area contributed by atoms with E-state index in [0.29, 0.717) is 0 Å². The summed E-state index contributed by atoms with van der Waals surface area (Å²) in [7, 11) is 0. The molecule has 1 aliphatic rings. The summed E-state index contributed by atoms with van der Waals surface area (Å²) in [5, 5.41) is 5.27. The molecule has 0 saturated heterocycles. The molecule has 0 bridgehead atoms. The van der Waals surface area contributed by atoms with Crippen LogP contribution in [0.4, 0.5) is 0 Å². The van der Waals surface area contributed by atoms with Gasteiger partial charge in [0.1, 0.15) is 5.56 Å². The normalized spacial score (nSPS) is 15.1. The van der Waals surface area contributed by atoms with E-state index >= 15 is 0 Å². The molecule has 1 amide bonds. The van der Waals surface area contributed by atoms with Crippen molar-refractivity contribution in [3.05, 3.63) is 70.5 Å². The molecule has 3 aromatic rings. The van der Waals surface area contributed by atoms with Crippen molar-refractivity contribution >= 4 is 16.7 Å². The summed E-state index contributed by atoms with van der Waals surface area (Å²) in [6.45, 7) is 0. The molecule has 132 valence electrons. The molecule has 0 spiro atoms. The Bertz CT molecular complexity index is 1000. The zero-order valence-corrected chi connectivity index (χ0v) is 14.6. The monoisotopic (exact) mass is 346 g/mol. The van der Waals surface area contributed by atoms with E-state index in [1.807, 2.05) is 36.4 Å². The maximum absolute atomic E-state index is 12.4. The number of aromatic nitrogens is 1. The van der Waals surface area contributed by atoms with Gasteiger partial charge in [0.15, 0.2) is 0 Å². The van der Waals surface area contributed by atoms with E-state index in [1.165, 1.54) is 6.42 Å². The smallest absolute Gasteiger partial charge is 0.261 e. The first-order valence-electron chi connectivity index (χ1n) is 9.24. The van der Waals surface area contributed by atoms with Crippen molar-refractivity contribution in [2.75, 3.05) is 0 Å². The summed E-state index contributed by atoms with van der Waals surface area (Å²) in [4.78, 5) is 27.7. The number of pyridine rings is 1. The maximum Gasteiger partial charge on any atom is 0.261 e. The lowest BCUT2D eigenvalue weighted by Crippen LogP contribution is -2.38. The highest BCUT2D eigenvalue weighted by Crippen LogP contribution is 2.22. The molecule has 4 rings (SSSR count). The molecule has 26 heavy (non-hydrogen) atoms. The second-order valence-corrected chi connectivity index (χ2v) is 6.99. The molecular weight excluding hydrogens is 324 g/mol. The van der Waals surface area contributed by atoms with Gasteiger partial charge in [-0.15, -0.1) is 0 Å². The Kier molecular flexibility index (Phi) is 4.57. The Morgan fingerprint density at radius 1 is 0.923 bits per heavy atom. The molecule has 1 aromatic heterocycles. The van der Waals surface area contributed by atoms with Gasteiger partial charge >= 0.3 is 0 Å². The van der Waals surface area contributed by atoms with Crippen LogP contribution >= 0.6 is 0 Å². The number of carbonyl (C=O) groups excluding carboxylic acids is 1. The first kappa shape index (κ1) is 16.6. The molecular formula is C22H22N2O2. The molecule has 1 saturated carbocycles. The molecule has 1 heterocycles. The maximum atomic E-state index is 12.4. The van der Waals surface area contributed by atoms with Crippen molar-refractivity contribution in [1.29, 1.82) is 0 Å². The van der Waals surface area contributed by atoms with E-state index in [-0.39, 0.29) is 23.1 Å². The van der Waals surface area contributed by atoms with Gasteiger partial charge in [-0.2, -0.15) is 0 Å². The van der Waals surface area contributed by atoms with Crippen LogP contribution in [0.25, 0.3) is 22.0 Å². The fourth-order valence-electron chi connectivity index (χ4n) is 3.69. The minimum atomic E-state index is -0.344. The summed E-state index contributed by atoms with van der Waals surface area (Å²) in [5.74, 6) is -0.275. The van der Waals surface area contributed by atoms with E-state index in [2.05, 4.69) is 16.4 Å². The van der Waals surface area contributed by atoms with Crippen LogP contribution < -0.4 is 10.9 Å². The third kappa shape index (κ3) is 3.40. The molecule has 1 aliphatic carbocycles. The number of rotatable bonds is 3. The van der Waals surface area contributed by atoms with Crippen LogP contribution in [-0.4, -0.2) is 16.9 Å². The van der Waals surface area contributed by atoms with E-state index < -0.39 is 0 Å². The van der Waals surface area contributed by atoms with Gasteiger partial charge in [-0.05, 0) is 47.4 Å². The van der Waals surface area contributed by atoms with Crippen molar-refractivity contribution in [3.63, 3.8) is 0 Å². The standard InChI is InChI=1S/C22H22N2O2/c25-21(23-18-8-2-1-3-9-18)19-12-13-20(24-22(19)26)17-11-10-15-6-4-5-7-16(15)14-17/h4-7,10-14,18H,1-3,8-9H2,(H,23,25)(H,24,26). The van der Waals surface area contributed by atoms with Gasteiger partial charge in [-0.3, -0.25) is 9.59 Å². The Morgan fingerprint density at radius 3 is 2.46 bits per heavy atom. The topological polar surface area (TPSA) is 62.0 Å². The fraction of sp³-hybridized carbons (Fsp3) is 0.273. The molecule has 0 unspecified atom stereocenters. The van der Waals surface area contributed by atoms with Gasteiger partial charge in [0.25, 0.3) is 11.5 Å². The molecule has 0 atom stereocenters. The summed E-state index contributed by atoms with van der Waals surface area (Å²) in [5.41, 5.74) is 1.49. The average molecular weight is 346 g/mol. The molecule has 1 fully saturated rings. The van der Waals surface area contributed by atoms with Crippen LogP contribution in [0.5, 0.6) is 0 Å². The van der Waals surface area contributed by atoms with Gasteiger partial charge in [-0.1, -0.05) is 55.7 Å². The number of aromatic amines is 1. The zero-order valence-electron chi connectivity index (χ0n) is 14.6. The van der Waals surface area contributed by atoms with E-state index in [4.69, 9.17) is 0 Å². The highest BCUT2D eigenvalue weighted by molar-refractivity contribution is 5.94. The Labute approximate surface area is 152 Å².